The Morgan fingerprint density at radius 2 is 1.88 bits per heavy atom. The van der Waals surface area contributed by atoms with Gasteiger partial charge in [-0.1, -0.05) is 23.8 Å². The minimum absolute atomic E-state index is 0.00505. The van der Waals surface area contributed by atoms with Crippen molar-refractivity contribution in [2.45, 2.75) is 58.5 Å². The molecule has 0 saturated carbocycles. The van der Waals surface area contributed by atoms with Gasteiger partial charge >= 0.3 is 5.97 Å². The van der Waals surface area contributed by atoms with Gasteiger partial charge in [0.15, 0.2) is 11.2 Å². The number of aryl methyl sites for hydroxylation is 1. The van der Waals surface area contributed by atoms with Crippen molar-refractivity contribution < 1.29 is 28.2 Å². The van der Waals surface area contributed by atoms with Crippen LogP contribution in [0.4, 0.5) is 0 Å². The van der Waals surface area contributed by atoms with Crippen molar-refractivity contribution in [1.82, 2.24) is 5.32 Å². The second-order valence-corrected chi connectivity index (χ2v) is 10.9. The lowest BCUT2D eigenvalue weighted by Gasteiger charge is -2.36. The second kappa shape index (κ2) is 11.7. The maximum absolute atomic E-state index is 13.9. The summed E-state index contributed by atoms with van der Waals surface area (Å²) in [7, 11) is 1.61. The van der Waals surface area contributed by atoms with Crippen LogP contribution in [0.1, 0.15) is 62.1 Å². The van der Waals surface area contributed by atoms with E-state index in [2.05, 4.69) is 5.32 Å². The largest absolute Gasteiger partial charge is 0.497 e. The zero-order valence-electron chi connectivity index (χ0n) is 24.0. The van der Waals surface area contributed by atoms with Crippen LogP contribution in [0, 0.1) is 6.92 Å². The summed E-state index contributed by atoms with van der Waals surface area (Å²) in [6.07, 6.45) is 2.13. The number of ketones is 1. The SMILES string of the molecule is COc1cccc([C@H]2CC(=O)C3=C(C2)NC(C)=C(C(=O)OCCOC(C)C)[C@H]3c2coc3ccc(C)cc3c2=O)c1. The number of esters is 1. The third kappa shape index (κ3) is 5.70. The predicted molar refractivity (Wildman–Crippen MR) is 155 cm³/mol. The van der Waals surface area contributed by atoms with E-state index >= 15 is 0 Å². The summed E-state index contributed by atoms with van der Waals surface area (Å²) in [4.78, 5) is 41.4. The molecule has 1 N–H and O–H groups in total. The number of fused-ring (bicyclic) bond motifs is 1. The van der Waals surface area contributed by atoms with Gasteiger partial charge in [0.1, 0.15) is 17.9 Å². The van der Waals surface area contributed by atoms with Gasteiger partial charge in [-0.3, -0.25) is 9.59 Å². The van der Waals surface area contributed by atoms with Crippen molar-refractivity contribution in [3.63, 3.8) is 0 Å². The molecule has 2 atom stereocenters. The fourth-order valence-corrected chi connectivity index (χ4v) is 5.71. The van der Waals surface area contributed by atoms with E-state index in [0.29, 0.717) is 34.4 Å². The van der Waals surface area contributed by atoms with Gasteiger partial charge in [0.25, 0.3) is 0 Å². The smallest absolute Gasteiger partial charge is 0.336 e. The number of hydrogen-bond acceptors (Lipinski definition) is 8. The summed E-state index contributed by atoms with van der Waals surface area (Å²) in [5.74, 6) is -1.04. The van der Waals surface area contributed by atoms with Crippen molar-refractivity contribution in [1.29, 1.82) is 0 Å². The number of methoxy groups -OCH3 is 1. The molecule has 3 aromatic rings. The van der Waals surface area contributed by atoms with E-state index in [1.807, 2.05) is 51.1 Å². The average molecular weight is 558 g/mol. The summed E-state index contributed by atoms with van der Waals surface area (Å²) in [5, 5.41) is 3.72. The molecule has 41 heavy (non-hydrogen) atoms. The second-order valence-electron chi connectivity index (χ2n) is 10.9. The monoisotopic (exact) mass is 557 g/mol. The molecule has 0 amide bonds. The molecule has 0 bridgehead atoms. The van der Waals surface area contributed by atoms with Gasteiger partial charge in [-0.2, -0.15) is 0 Å². The number of ether oxygens (including phenoxy) is 3. The Hall–Kier alpha value is -4.17. The van der Waals surface area contributed by atoms with Crippen LogP contribution in [0.5, 0.6) is 5.75 Å². The van der Waals surface area contributed by atoms with Crippen LogP contribution >= 0.6 is 0 Å². The highest BCUT2D eigenvalue weighted by molar-refractivity contribution is 6.04. The highest BCUT2D eigenvalue weighted by Gasteiger charge is 2.43. The molecule has 0 saturated heterocycles. The van der Waals surface area contributed by atoms with E-state index in [-0.39, 0.29) is 54.0 Å². The zero-order valence-corrected chi connectivity index (χ0v) is 24.0. The fourth-order valence-electron chi connectivity index (χ4n) is 5.71. The van der Waals surface area contributed by atoms with Crippen LogP contribution in [-0.4, -0.2) is 38.2 Å². The molecule has 0 unspecified atom stereocenters. The van der Waals surface area contributed by atoms with Crippen molar-refractivity contribution in [2.75, 3.05) is 20.3 Å². The highest BCUT2D eigenvalue weighted by atomic mass is 16.6. The number of benzene rings is 2. The first-order valence-electron chi connectivity index (χ1n) is 13.9. The number of carbonyl (C=O) groups is 2. The van der Waals surface area contributed by atoms with Crippen LogP contribution in [0.15, 0.2) is 80.5 Å². The molecule has 8 heteroatoms. The van der Waals surface area contributed by atoms with E-state index in [0.717, 1.165) is 16.9 Å². The first-order chi connectivity index (χ1) is 19.7. The minimum atomic E-state index is -0.926. The molecule has 2 aromatic carbocycles. The zero-order chi connectivity index (χ0) is 29.3. The molecule has 2 aliphatic rings. The third-order valence-corrected chi connectivity index (χ3v) is 7.65. The lowest BCUT2D eigenvalue weighted by atomic mass is 9.72. The minimum Gasteiger partial charge on any atom is -0.497 e. The Balaban J connectivity index is 1.59. The summed E-state index contributed by atoms with van der Waals surface area (Å²) >= 11 is 0. The Morgan fingerprint density at radius 3 is 2.63 bits per heavy atom. The summed E-state index contributed by atoms with van der Waals surface area (Å²) in [6.45, 7) is 7.75. The number of hydrogen-bond donors (Lipinski definition) is 1. The molecular weight excluding hydrogens is 522 g/mol. The molecule has 0 radical (unpaired) electrons. The van der Waals surface area contributed by atoms with Gasteiger partial charge in [-0.05, 0) is 69.9 Å². The number of carbonyl (C=O) groups excluding carboxylic acids is 2. The Kier molecular flexibility index (Phi) is 8.13. The van der Waals surface area contributed by atoms with Crippen LogP contribution in [0.25, 0.3) is 11.0 Å². The maximum atomic E-state index is 13.9. The van der Waals surface area contributed by atoms with Gasteiger partial charge in [0.05, 0.1) is 43.0 Å². The van der Waals surface area contributed by atoms with Crippen LogP contribution in [-0.2, 0) is 19.1 Å². The number of Topliss-reactive ketones (excluding diaryl/α,β-unsaturated/α-hetero) is 1. The van der Waals surface area contributed by atoms with E-state index in [9.17, 15) is 14.4 Å². The van der Waals surface area contributed by atoms with Gasteiger partial charge in [-0.15, -0.1) is 0 Å². The topological polar surface area (TPSA) is 104 Å². The van der Waals surface area contributed by atoms with Crippen LogP contribution in [0.2, 0.25) is 0 Å². The maximum Gasteiger partial charge on any atom is 0.336 e. The van der Waals surface area contributed by atoms with Crippen molar-refractivity contribution in [3.8, 4) is 5.75 Å². The average Bonchev–Trinajstić information content (AvgIpc) is 2.95. The lowest BCUT2D eigenvalue weighted by molar-refractivity contribution is -0.141. The number of rotatable bonds is 8. The van der Waals surface area contributed by atoms with Crippen molar-refractivity contribution in [3.05, 3.63) is 98.2 Å². The number of dihydropyridines is 1. The van der Waals surface area contributed by atoms with E-state index < -0.39 is 11.9 Å². The van der Waals surface area contributed by atoms with Crippen molar-refractivity contribution >= 4 is 22.7 Å². The Bertz CT molecular complexity index is 1630. The highest BCUT2D eigenvalue weighted by Crippen LogP contribution is 2.45. The molecule has 1 aromatic heterocycles. The van der Waals surface area contributed by atoms with Gasteiger partial charge < -0.3 is 23.9 Å². The molecule has 2 heterocycles. The number of allylic oxidation sites excluding steroid dienone is 3. The summed E-state index contributed by atoms with van der Waals surface area (Å²) < 4.78 is 22.4. The van der Waals surface area contributed by atoms with E-state index in [1.165, 1.54) is 6.26 Å². The standard InChI is InChI=1S/C33H35NO7/c1-18(2)39-11-12-40-33(37)29-20(4)34-26-15-22(21-7-6-8-23(14-21)38-5)16-27(35)31(26)30(29)25-17-41-28-10-9-19(3)13-24(28)32(25)36/h6-10,13-14,17-18,22,30,34H,11-12,15-16H2,1-5H3/t22-,30-/m1/s1. The quantitative estimate of drug-likeness (QED) is 0.289. The van der Waals surface area contributed by atoms with E-state index in [4.69, 9.17) is 18.6 Å². The summed E-state index contributed by atoms with van der Waals surface area (Å²) in [5.41, 5.74) is 4.13. The molecule has 8 nitrogen and oxygen atoms in total. The predicted octanol–water partition coefficient (Wildman–Crippen LogP) is 5.44. The fraction of sp³-hybridized carbons (Fsp3) is 0.364. The molecule has 0 fully saturated rings. The van der Waals surface area contributed by atoms with Crippen molar-refractivity contribution in [2.24, 2.45) is 0 Å². The third-order valence-electron chi connectivity index (χ3n) is 7.65. The number of nitrogens with one attached hydrogen (secondary N) is 1. The molecule has 0 spiro atoms. The first kappa shape index (κ1) is 28.4. The Morgan fingerprint density at radius 1 is 1.07 bits per heavy atom. The molecule has 1 aliphatic heterocycles. The lowest BCUT2D eigenvalue weighted by Crippen LogP contribution is -2.37. The molecule has 5 rings (SSSR count). The molecule has 214 valence electrons. The van der Waals surface area contributed by atoms with Gasteiger partial charge in [-0.25, -0.2) is 4.79 Å². The summed E-state index contributed by atoms with van der Waals surface area (Å²) in [6, 6.07) is 13.1. The van der Waals surface area contributed by atoms with Crippen LogP contribution in [0.3, 0.4) is 0 Å². The first-order valence-corrected chi connectivity index (χ1v) is 13.9. The van der Waals surface area contributed by atoms with Gasteiger partial charge in [0, 0.05) is 29.0 Å². The molecule has 1 aliphatic carbocycles. The van der Waals surface area contributed by atoms with Crippen LogP contribution < -0.4 is 15.5 Å². The Labute approximate surface area is 239 Å². The normalized spacial score (nSPS) is 18.9. The molecular formula is C33H35NO7. The van der Waals surface area contributed by atoms with Gasteiger partial charge in [0.2, 0.25) is 0 Å². The van der Waals surface area contributed by atoms with E-state index in [1.54, 1.807) is 26.2 Å².